The van der Waals surface area contributed by atoms with E-state index in [0.717, 1.165) is 12.8 Å². The molecule has 0 saturated heterocycles. The Balaban J connectivity index is 2.71. The van der Waals surface area contributed by atoms with Gasteiger partial charge in [-0.05, 0) is 33.6 Å². The van der Waals surface area contributed by atoms with Crippen molar-refractivity contribution in [2.45, 2.75) is 39.2 Å². The molecule has 0 radical (unpaired) electrons. The molecule has 0 N–H and O–H groups in total. The van der Waals surface area contributed by atoms with Crippen molar-refractivity contribution in [2.24, 2.45) is 5.92 Å². The Bertz CT molecular complexity index is 246. The maximum Gasteiger partial charge on any atom is 0.147 e. The van der Waals surface area contributed by atoms with Crippen LogP contribution in [0.25, 0.3) is 0 Å². The minimum Gasteiger partial charge on any atom is -0.359 e. The number of rotatable bonds is 5. The molecule has 0 unspecified atom stereocenters. The fourth-order valence-electron chi connectivity index (χ4n) is 2.28. The van der Waals surface area contributed by atoms with Gasteiger partial charge >= 0.3 is 0 Å². The van der Waals surface area contributed by atoms with E-state index in [4.69, 9.17) is 21.1 Å². The maximum absolute atomic E-state index is 5.99. The van der Waals surface area contributed by atoms with Crippen LogP contribution in [0.3, 0.4) is 0 Å². The molecular weight excluding hydrogens is 212 g/mol. The van der Waals surface area contributed by atoms with Crippen molar-refractivity contribution >= 4 is 11.6 Å². The van der Waals surface area contributed by atoms with E-state index in [0.29, 0.717) is 18.6 Å². The standard InChI is InChI=1S/C12H21ClO2/c1-9-5-6-11(10(9)7-13)12(2,3)15-8-14-4/h11H,5-8H2,1-4H3/t11-/m0/s1. The van der Waals surface area contributed by atoms with Crippen LogP contribution >= 0.6 is 11.6 Å². The molecule has 1 aliphatic carbocycles. The fraction of sp³-hybridized carbons (Fsp3) is 0.833. The zero-order chi connectivity index (χ0) is 11.5. The summed E-state index contributed by atoms with van der Waals surface area (Å²) in [6.07, 6.45) is 2.29. The zero-order valence-corrected chi connectivity index (χ0v) is 10.9. The van der Waals surface area contributed by atoms with E-state index >= 15 is 0 Å². The van der Waals surface area contributed by atoms with Gasteiger partial charge in [0.1, 0.15) is 6.79 Å². The second-order valence-corrected chi connectivity index (χ2v) is 4.95. The molecule has 0 aromatic rings. The highest BCUT2D eigenvalue weighted by atomic mass is 35.5. The van der Waals surface area contributed by atoms with Gasteiger partial charge in [-0.2, -0.15) is 0 Å². The molecule has 1 aliphatic rings. The van der Waals surface area contributed by atoms with Gasteiger partial charge < -0.3 is 9.47 Å². The molecule has 0 bridgehead atoms. The number of allylic oxidation sites excluding steroid dienone is 1. The molecular formula is C12H21ClO2. The van der Waals surface area contributed by atoms with Gasteiger partial charge in [0.05, 0.1) is 5.60 Å². The summed E-state index contributed by atoms with van der Waals surface area (Å²) >= 11 is 5.99. The lowest BCUT2D eigenvalue weighted by Gasteiger charge is -2.33. The molecule has 15 heavy (non-hydrogen) atoms. The van der Waals surface area contributed by atoms with Crippen molar-refractivity contribution in [1.29, 1.82) is 0 Å². The first-order valence-electron chi connectivity index (χ1n) is 5.40. The largest absolute Gasteiger partial charge is 0.359 e. The summed E-state index contributed by atoms with van der Waals surface area (Å²) in [5.41, 5.74) is 2.61. The van der Waals surface area contributed by atoms with Crippen LogP contribution in [-0.4, -0.2) is 25.4 Å². The maximum atomic E-state index is 5.99. The fourth-order valence-corrected chi connectivity index (χ4v) is 2.69. The Hall–Kier alpha value is -0.0500. The average Bonchev–Trinajstić information content (AvgIpc) is 2.57. The molecule has 1 rings (SSSR count). The van der Waals surface area contributed by atoms with Gasteiger partial charge in [-0.25, -0.2) is 0 Å². The van der Waals surface area contributed by atoms with Gasteiger partial charge in [-0.1, -0.05) is 11.1 Å². The van der Waals surface area contributed by atoms with Crippen LogP contribution in [0.2, 0.25) is 0 Å². The van der Waals surface area contributed by atoms with Gasteiger partial charge in [0, 0.05) is 18.9 Å². The second kappa shape index (κ2) is 5.33. The molecule has 0 spiro atoms. The summed E-state index contributed by atoms with van der Waals surface area (Å²) in [6, 6.07) is 0. The van der Waals surface area contributed by atoms with E-state index in [1.165, 1.54) is 11.1 Å². The smallest absolute Gasteiger partial charge is 0.147 e. The van der Waals surface area contributed by atoms with Crippen LogP contribution in [-0.2, 0) is 9.47 Å². The molecule has 1 atom stereocenters. The molecule has 0 aromatic heterocycles. The SMILES string of the molecule is COCOC(C)(C)[C@H]1CCC(C)=C1CCl. The Morgan fingerprint density at radius 3 is 2.67 bits per heavy atom. The van der Waals surface area contributed by atoms with E-state index in [-0.39, 0.29) is 5.60 Å². The first-order valence-corrected chi connectivity index (χ1v) is 5.93. The molecule has 3 heteroatoms. The van der Waals surface area contributed by atoms with Crippen LogP contribution in [0, 0.1) is 5.92 Å². The Kier molecular flexibility index (Phi) is 4.63. The van der Waals surface area contributed by atoms with Crippen molar-refractivity contribution < 1.29 is 9.47 Å². The number of hydrogen-bond acceptors (Lipinski definition) is 2. The summed E-state index contributed by atoms with van der Waals surface area (Å²) in [6.45, 7) is 6.74. The number of ether oxygens (including phenoxy) is 2. The van der Waals surface area contributed by atoms with Crippen molar-refractivity contribution in [3.8, 4) is 0 Å². The Morgan fingerprint density at radius 2 is 2.13 bits per heavy atom. The van der Waals surface area contributed by atoms with Crippen molar-refractivity contribution in [3.05, 3.63) is 11.1 Å². The van der Waals surface area contributed by atoms with E-state index < -0.39 is 0 Å². The number of methoxy groups -OCH3 is 1. The lowest BCUT2D eigenvalue weighted by Crippen LogP contribution is -2.35. The van der Waals surface area contributed by atoms with E-state index in [9.17, 15) is 0 Å². The van der Waals surface area contributed by atoms with Crippen molar-refractivity contribution in [1.82, 2.24) is 0 Å². The van der Waals surface area contributed by atoms with E-state index in [2.05, 4.69) is 20.8 Å². The predicted molar refractivity (Wildman–Crippen MR) is 63.2 cm³/mol. The summed E-state index contributed by atoms with van der Waals surface area (Å²) in [7, 11) is 1.65. The lowest BCUT2D eigenvalue weighted by molar-refractivity contribution is -0.132. The summed E-state index contributed by atoms with van der Waals surface area (Å²) in [5, 5.41) is 0. The van der Waals surface area contributed by atoms with Crippen LogP contribution in [0.5, 0.6) is 0 Å². The van der Waals surface area contributed by atoms with Gasteiger partial charge in [0.15, 0.2) is 0 Å². The van der Waals surface area contributed by atoms with Crippen LogP contribution in [0.4, 0.5) is 0 Å². The third-order valence-corrected chi connectivity index (χ3v) is 3.60. The molecule has 0 aliphatic heterocycles. The molecule has 88 valence electrons. The lowest BCUT2D eigenvalue weighted by atomic mass is 9.85. The molecule has 2 nitrogen and oxygen atoms in total. The average molecular weight is 233 g/mol. The Morgan fingerprint density at radius 1 is 1.47 bits per heavy atom. The molecule has 0 heterocycles. The zero-order valence-electron chi connectivity index (χ0n) is 10.1. The van der Waals surface area contributed by atoms with Crippen LogP contribution in [0.1, 0.15) is 33.6 Å². The summed E-state index contributed by atoms with van der Waals surface area (Å²) in [5.74, 6) is 1.06. The summed E-state index contributed by atoms with van der Waals surface area (Å²) < 4.78 is 10.7. The monoisotopic (exact) mass is 232 g/mol. The topological polar surface area (TPSA) is 18.5 Å². The highest BCUT2D eigenvalue weighted by Crippen LogP contribution is 2.40. The van der Waals surface area contributed by atoms with Gasteiger partial charge in [0.25, 0.3) is 0 Å². The second-order valence-electron chi connectivity index (χ2n) is 4.68. The first kappa shape index (κ1) is 13.0. The molecule has 0 saturated carbocycles. The number of halogens is 1. The normalized spacial score (nSPS) is 22.6. The van der Waals surface area contributed by atoms with E-state index in [1.807, 2.05) is 0 Å². The summed E-state index contributed by atoms with van der Waals surface area (Å²) in [4.78, 5) is 0. The molecule has 0 fully saturated rings. The third-order valence-electron chi connectivity index (χ3n) is 3.31. The van der Waals surface area contributed by atoms with Crippen molar-refractivity contribution in [2.75, 3.05) is 19.8 Å². The number of hydrogen-bond donors (Lipinski definition) is 0. The van der Waals surface area contributed by atoms with Gasteiger partial charge in [-0.15, -0.1) is 11.6 Å². The minimum absolute atomic E-state index is 0.183. The van der Waals surface area contributed by atoms with Crippen LogP contribution in [0.15, 0.2) is 11.1 Å². The molecule has 0 amide bonds. The van der Waals surface area contributed by atoms with Gasteiger partial charge in [0.2, 0.25) is 0 Å². The van der Waals surface area contributed by atoms with Gasteiger partial charge in [-0.3, -0.25) is 0 Å². The highest BCUT2D eigenvalue weighted by molar-refractivity contribution is 6.19. The molecule has 0 aromatic carbocycles. The van der Waals surface area contributed by atoms with E-state index in [1.54, 1.807) is 7.11 Å². The first-order chi connectivity index (χ1) is 7.03. The van der Waals surface area contributed by atoms with Crippen molar-refractivity contribution in [3.63, 3.8) is 0 Å². The third kappa shape index (κ3) is 2.96. The quantitative estimate of drug-likeness (QED) is 0.411. The Labute approximate surface area is 97.6 Å². The highest BCUT2D eigenvalue weighted by Gasteiger charge is 2.36. The number of alkyl halides is 1. The predicted octanol–water partition coefficient (Wildman–Crippen LogP) is 3.35. The minimum atomic E-state index is -0.183. The van der Waals surface area contributed by atoms with Crippen LogP contribution < -0.4 is 0 Å².